The first-order chi connectivity index (χ1) is 9.66. The van der Waals surface area contributed by atoms with Crippen LogP contribution in [-0.2, 0) is 21.6 Å². The van der Waals surface area contributed by atoms with Crippen LogP contribution in [0.3, 0.4) is 0 Å². The molecule has 5 heteroatoms. The molecule has 1 aromatic rings. The lowest BCUT2D eigenvalue weighted by atomic mass is 9.85. The first-order valence-electron chi connectivity index (χ1n) is 7.53. The van der Waals surface area contributed by atoms with E-state index in [1.807, 2.05) is 6.92 Å². The Bertz CT molecular complexity index is 500. The number of aryl methyl sites for hydroxylation is 1. The van der Waals surface area contributed by atoms with Crippen molar-refractivity contribution in [3.8, 4) is 0 Å². The number of fused-ring (bicyclic) bond motifs is 1. The van der Waals surface area contributed by atoms with Crippen molar-refractivity contribution in [1.29, 1.82) is 0 Å². The summed E-state index contributed by atoms with van der Waals surface area (Å²) in [6.45, 7) is 2.71. The molecule has 110 valence electrons. The smallest absolute Gasteiger partial charge is 0.312 e. The number of rotatable bonds is 4. The molecule has 0 bridgehead atoms. The van der Waals surface area contributed by atoms with E-state index in [1.54, 1.807) is 11.3 Å². The summed E-state index contributed by atoms with van der Waals surface area (Å²) in [6, 6.07) is 0. The van der Waals surface area contributed by atoms with Crippen molar-refractivity contribution in [2.24, 2.45) is 0 Å². The van der Waals surface area contributed by atoms with Crippen LogP contribution in [-0.4, -0.2) is 22.7 Å². The topological polar surface area (TPSA) is 59.4 Å². The van der Waals surface area contributed by atoms with E-state index in [0.717, 1.165) is 34.8 Å². The number of thiazole rings is 1. The average molecular weight is 295 g/mol. The van der Waals surface area contributed by atoms with E-state index in [1.165, 1.54) is 19.3 Å². The van der Waals surface area contributed by atoms with Gasteiger partial charge in [0, 0.05) is 11.5 Å². The molecule has 1 heterocycles. The minimum Gasteiger partial charge on any atom is -0.481 e. The Hall–Kier alpha value is -0.940. The molecular weight excluding hydrogens is 274 g/mol. The van der Waals surface area contributed by atoms with Gasteiger partial charge in [-0.3, -0.25) is 4.79 Å². The van der Waals surface area contributed by atoms with Gasteiger partial charge in [0.15, 0.2) is 0 Å². The van der Waals surface area contributed by atoms with E-state index in [0.29, 0.717) is 13.0 Å². The molecule has 2 aliphatic rings. The van der Waals surface area contributed by atoms with Crippen molar-refractivity contribution in [3.63, 3.8) is 0 Å². The third-order valence-electron chi connectivity index (χ3n) is 4.49. The van der Waals surface area contributed by atoms with Crippen LogP contribution in [0.2, 0.25) is 0 Å². The van der Waals surface area contributed by atoms with E-state index in [9.17, 15) is 9.90 Å². The zero-order chi connectivity index (χ0) is 14.2. The Morgan fingerprint density at radius 1 is 1.45 bits per heavy atom. The highest BCUT2D eigenvalue weighted by molar-refractivity contribution is 7.12. The fourth-order valence-corrected chi connectivity index (χ4v) is 4.82. The van der Waals surface area contributed by atoms with Gasteiger partial charge in [0.25, 0.3) is 0 Å². The molecule has 1 aromatic heterocycles. The number of ether oxygens (including phenoxy) is 1. The second kappa shape index (κ2) is 5.45. The average Bonchev–Trinajstić information content (AvgIpc) is 2.99. The monoisotopic (exact) mass is 295 g/mol. The zero-order valence-corrected chi connectivity index (χ0v) is 12.7. The van der Waals surface area contributed by atoms with E-state index >= 15 is 0 Å². The number of hydrogen-bond acceptors (Lipinski definition) is 4. The van der Waals surface area contributed by atoms with E-state index < -0.39 is 11.9 Å². The van der Waals surface area contributed by atoms with Gasteiger partial charge in [-0.15, -0.1) is 11.3 Å². The lowest BCUT2D eigenvalue weighted by Crippen LogP contribution is -2.32. The van der Waals surface area contributed by atoms with Gasteiger partial charge in [0.05, 0.1) is 5.69 Å². The Labute approximate surface area is 123 Å². The molecule has 0 saturated heterocycles. The third kappa shape index (κ3) is 2.27. The molecule has 1 N–H and O–H groups in total. The second-order valence-electron chi connectivity index (χ2n) is 5.74. The molecule has 1 atom stereocenters. The zero-order valence-electron chi connectivity index (χ0n) is 11.9. The second-order valence-corrected chi connectivity index (χ2v) is 6.83. The van der Waals surface area contributed by atoms with Crippen LogP contribution in [0, 0.1) is 0 Å². The number of aromatic nitrogens is 1. The van der Waals surface area contributed by atoms with Crippen LogP contribution in [0.4, 0.5) is 0 Å². The summed E-state index contributed by atoms with van der Waals surface area (Å²) < 4.78 is 6.09. The molecule has 0 radical (unpaired) electrons. The third-order valence-corrected chi connectivity index (χ3v) is 5.80. The molecule has 20 heavy (non-hydrogen) atoms. The minimum atomic E-state index is -0.741. The summed E-state index contributed by atoms with van der Waals surface area (Å²) in [6.07, 6.45) is 7.20. The molecule has 2 aliphatic carbocycles. The molecule has 0 aromatic carbocycles. The van der Waals surface area contributed by atoms with Crippen LogP contribution in [0.5, 0.6) is 0 Å². The summed E-state index contributed by atoms with van der Waals surface area (Å²) in [7, 11) is 0. The number of hydrogen-bond donors (Lipinski definition) is 1. The lowest BCUT2D eigenvalue weighted by Gasteiger charge is -2.35. The Morgan fingerprint density at radius 3 is 2.85 bits per heavy atom. The summed E-state index contributed by atoms with van der Waals surface area (Å²) >= 11 is 1.69. The van der Waals surface area contributed by atoms with Crippen LogP contribution < -0.4 is 0 Å². The van der Waals surface area contributed by atoms with Crippen molar-refractivity contribution in [3.05, 3.63) is 15.6 Å². The highest BCUT2D eigenvalue weighted by atomic mass is 32.1. The molecule has 1 saturated carbocycles. The van der Waals surface area contributed by atoms with Crippen molar-refractivity contribution in [2.75, 3.05) is 6.61 Å². The van der Waals surface area contributed by atoms with Gasteiger partial charge >= 0.3 is 5.97 Å². The van der Waals surface area contributed by atoms with E-state index in [2.05, 4.69) is 0 Å². The Balaban J connectivity index is 1.93. The molecule has 0 aliphatic heterocycles. The highest BCUT2D eigenvalue weighted by Gasteiger charge is 2.41. The Morgan fingerprint density at radius 2 is 2.20 bits per heavy atom. The summed E-state index contributed by atoms with van der Waals surface area (Å²) in [5.74, 6) is -1.15. The van der Waals surface area contributed by atoms with E-state index in [-0.39, 0.29) is 5.60 Å². The van der Waals surface area contributed by atoms with Crippen LogP contribution in [0.1, 0.15) is 66.9 Å². The quantitative estimate of drug-likeness (QED) is 0.924. The molecule has 3 rings (SSSR count). The molecule has 0 spiro atoms. The maximum atomic E-state index is 11.3. The van der Waals surface area contributed by atoms with Gasteiger partial charge in [0.1, 0.15) is 16.5 Å². The predicted octanol–water partition coefficient (Wildman–Crippen LogP) is 3.45. The van der Waals surface area contributed by atoms with Gasteiger partial charge in [-0.05, 0) is 32.6 Å². The van der Waals surface area contributed by atoms with Crippen molar-refractivity contribution >= 4 is 17.3 Å². The fourth-order valence-electron chi connectivity index (χ4n) is 3.48. The number of carboxylic acids is 1. The van der Waals surface area contributed by atoms with Crippen LogP contribution >= 0.6 is 11.3 Å². The van der Waals surface area contributed by atoms with Crippen molar-refractivity contribution in [2.45, 2.75) is 63.4 Å². The Kier molecular flexibility index (Phi) is 3.82. The fraction of sp³-hybridized carbons (Fsp3) is 0.733. The standard InChI is InChI=1S/C15H21NO3S/c1-2-19-15(8-4-3-5-9-15)14-16-12-10(13(17)18)6-7-11(12)20-14/h10H,2-9H2,1H3,(H,17,18). The van der Waals surface area contributed by atoms with Gasteiger partial charge in [-0.2, -0.15) is 0 Å². The summed E-state index contributed by atoms with van der Waals surface area (Å²) in [4.78, 5) is 17.2. The summed E-state index contributed by atoms with van der Waals surface area (Å²) in [5, 5.41) is 10.3. The molecule has 1 unspecified atom stereocenters. The largest absolute Gasteiger partial charge is 0.481 e. The number of carboxylic acid groups (broad SMARTS) is 1. The van der Waals surface area contributed by atoms with Gasteiger partial charge in [-0.1, -0.05) is 19.3 Å². The molecule has 4 nitrogen and oxygen atoms in total. The lowest BCUT2D eigenvalue weighted by molar-refractivity contribution is -0.138. The van der Waals surface area contributed by atoms with Gasteiger partial charge in [0.2, 0.25) is 0 Å². The minimum absolute atomic E-state index is 0.245. The number of carbonyl (C=O) groups is 1. The summed E-state index contributed by atoms with van der Waals surface area (Å²) in [5.41, 5.74) is 0.563. The normalized spacial score (nSPS) is 24.6. The highest BCUT2D eigenvalue weighted by Crippen LogP contribution is 2.46. The molecule has 1 fully saturated rings. The first-order valence-corrected chi connectivity index (χ1v) is 8.35. The van der Waals surface area contributed by atoms with Gasteiger partial charge in [-0.25, -0.2) is 4.98 Å². The first kappa shape index (κ1) is 14.0. The number of aliphatic carboxylic acids is 1. The van der Waals surface area contributed by atoms with Crippen molar-refractivity contribution in [1.82, 2.24) is 4.98 Å². The maximum Gasteiger partial charge on any atom is 0.312 e. The van der Waals surface area contributed by atoms with Crippen molar-refractivity contribution < 1.29 is 14.6 Å². The number of nitrogens with zero attached hydrogens (tertiary/aromatic N) is 1. The van der Waals surface area contributed by atoms with Gasteiger partial charge < -0.3 is 9.84 Å². The van der Waals surface area contributed by atoms with Crippen LogP contribution in [0.25, 0.3) is 0 Å². The van der Waals surface area contributed by atoms with E-state index in [4.69, 9.17) is 9.72 Å². The molecular formula is C15H21NO3S. The molecule has 0 amide bonds. The SMILES string of the molecule is CCOC1(c2nc3c(s2)CCC3C(=O)O)CCCCC1. The maximum absolute atomic E-state index is 11.3. The van der Waals surface area contributed by atoms with Crippen LogP contribution in [0.15, 0.2) is 0 Å². The predicted molar refractivity (Wildman–Crippen MR) is 77.2 cm³/mol.